The van der Waals surface area contributed by atoms with Crippen molar-refractivity contribution in [3.05, 3.63) is 131 Å². The highest BCUT2D eigenvalue weighted by Crippen LogP contribution is 2.44. The number of carbonyl (C=O) groups excluding carboxylic acids is 3. The molecule has 0 spiro atoms. The van der Waals surface area contributed by atoms with Gasteiger partial charge in [-0.3, -0.25) is 4.79 Å². The molecule has 0 radical (unpaired) electrons. The van der Waals surface area contributed by atoms with Crippen LogP contribution in [-0.4, -0.2) is 36.1 Å². The van der Waals surface area contributed by atoms with Crippen molar-refractivity contribution >= 4 is 17.8 Å². The summed E-state index contributed by atoms with van der Waals surface area (Å²) in [5.41, 5.74) is 5.51. The summed E-state index contributed by atoms with van der Waals surface area (Å²) in [6.45, 7) is 5.44. The highest BCUT2D eigenvalue weighted by atomic mass is 16.6. The topological polar surface area (TPSA) is 81.7 Å². The number of alkyl carbamates (subject to hydrolysis) is 1. The highest BCUT2D eigenvalue weighted by Gasteiger charge is 2.31. The lowest BCUT2D eigenvalue weighted by Gasteiger charge is -2.25. The number of hydrogen-bond donors (Lipinski definition) is 1. The van der Waals surface area contributed by atoms with E-state index in [-0.39, 0.29) is 24.7 Å². The summed E-state index contributed by atoms with van der Waals surface area (Å²) in [7, 11) is 0. The Labute approximate surface area is 240 Å². The standard InChI is InChI=1S/C35H33NO5/c1-35(2,3)41-33(38)31(21-23-12-11-15-25(20-23)32(37)24-13-5-4-6-14-24)36-34(39)40-22-30-28-18-9-7-16-26(28)27-17-8-10-19-29(27)30/h4-20,30-31H,21-22H2,1-3H3,(H,36,39)/t31-/m0/s1. The maximum absolute atomic E-state index is 13.2. The van der Waals surface area contributed by atoms with Crippen molar-refractivity contribution in [1.29, 1.82) is 0 Å². The maximum atomic E-state index is 13.2. The Morgan fingerprint density at radius 1 is 0.756 bits per heavy atom. The number of rotatable bonds is 8. The largest absolute Gasteiger partial charge is 0.458 e. The molecule has 0 fully saturated rings. The molecule has 0 aliphatic heterocycles. The molecule has 4 aromatic carbocycles. The Hall–Kier alpha value is -4.71. The SMILES string of the molecule is CC(C)(C)OC(=O)[C@H](Cc1cccc(C(=O)c2ccccc2)c1)NC(=O)OCC1c2ccccc2-c2ccccc21. The van der Waals surface area contributed by atoms with Gasteiger partial charge in [-0.1, -0.05) is 97.1 Å². The van der Waals surface area contributed by atoms with Crippen molar-refractivity contribution in [2.24, 2.45) is 0 Å². The zero-order chi connectivity index (χ0) is 29.0. The van der Waals surface area contributed by atoms with Crippen LogP contribution in [0.5, 0.6) is 0 Å². The van der Waals surface area contributed by atoms with Crippen molar-refractivity contribution in [2.45, 2.75) is 44.8 Å². The average molecular weight is 548 g/mol. The minimum atomic E-state index is -1.01. The number of nitrogens with one attached hydrogen (secondary N) is 1. The Morgan fingerprint density at radius 2 is 1.34 bits per heavy atom. The van der Waals surface area contributed by atoms with Crippen LogP contribution in [-0.2, 0) is 20.7 Å². The van der Waals surface area contributed by atoms with E-state index < -0.39 is 23.7 Å². The van der Waals surface area contributed by atoms with E-state index in [0.29, 0.717) is 16.7 Å². The normalized spacial score (nSPS) is 13.0. The van der Waals surface area contributed by atoms with Crippen LogP contribution in [0.4, 0.5) is 4.79 Å². The van der Waals surface area contributed by atoms with Gasteiger partial charge < -0.3 is 14.8 Å². The first-order chi connectivity index (χ1) is 19.7. The molecular weight excluding hydrogens is 514 g/mol. The van der Waals surface area contributed by atoms with Crippen molar-refractivity contribution < 1.29 is 23.9 Å². The van der Waals surface area contributed by atoms with Gasteiger partial charge in [0.25, 0.3) is 0 Å². The second-order valence-electron chi connectivity index (χ2n) is 11.2. The van der Waals surface area contributed by atoms with E-state index in [1.165, 1.54) is 0 Å². The van der Waals surface area contributed by atoms with Gasteiger partial charge in [-0.15, -0.1) is 0 Å². The van der Waals surface area contributed by atoms with E-state index in [0.717, 1.165) is 22.3 Å². The van der Waals surface area contributed by atoms with Gasteiger partial charge in [0.15, 0.2) is 5.78 Å². The van der Waals surface area contributed by atoms with Gasteiger partial charge in [0.05, 0.1) is 0 Å². The van der Waals surface area contributed by atoms with Gasteiger partial charge in [0.1, 0.15) is 18.2 Å². The van der Waals surface area contributed by atoms with E-state index >= 15 is 0 Å². The molecule has 0 heterocycles. The number of amides is 1. The van der Waals surface area contributed by atoms with Gasteiger partial charge in [-0.2, -0.15) is 0 Å². The van der Waals surface area contributed by atoms with Crippen LogP contribution < -0.4 is 5.32 Å². The van der Waals surface area contributed by atoms with Crippen molar-refractivity contribution in [2.75, 3.05) is 6.61 Å². The molecule has 1 aliphatic rings. The van der Waals surface area contributed by atoms with Crippen LogP contribution in [0.15, 0.2) is 103 Å². The molecule has 41 heavy (non-hydrogen) atoms. The summed E-state index contributed by atoms with van der Waals surface area (Å²) in [5, 5.41) is 2.72. The molecule has 6 heteroatoms. The molecule has 5 rings (SSSR count). The molecule has 0 bridgehead atoms. The van der Waals surface area contributed by atoms with E-state index in [4.69, 9.17) is 9.47 Å². The van der Waals surface area contributed by atoms with Gasteiger partial charge in [0.2, 0.25) is 0 Å². The van der Waals surface area contributed by atoms with Crippen LogP contribution in [0.2, 0.25) is 0 Å². The number of ether oxygens (including phenoxy) is 2. The number of carbonyl (C=O) groups is 3. The fraction of sp³-hybridized carbons (Fsp3) is 0.229. The molecule has 0 aromatic heterocycles. The lowest BCUT2D eigenvalue weighted by atomic mass is 9.98. The Morgan fingerprint density at radius 3 is 1.98 bits per heavy atom. The third-order valence-corrected chi connectivity index (χ3v) is 6.99. The fourth-order valence-corrected chi connectivity index (χ4v) is 5.18. The van der Waals surface area contributed by atoms with Crippen LogP contribution in [0.3, 0.4) is 0 Å². The Kier molecular flexibility index (Phi) is 8.02. The van der Waals surface area contributed by atoms with E-state index in [2.05, 4.69) is 29.6 Å². The maximum Gasteiger partial charge on any atom is 0.407 e. The first kappa shape index (κ1) is 27.8. The molecule has 1 atom stereocenters. The number of fused-ring (bicyclic) bond motifs is 3. The molecule has 0 saturated carbocycles. The number of ketones is 1. The van der Waals surface area contributed by atoms with Gasteiger partial charge in [0, 0.05) is 23.5 Å². The lowest BCUT2D eigenvalue weighted by Crippen LogP contribution is -2.46. The zero-order valence-corrected chi connectivity index (χ0v) is 23.4. The molecule has 0 saturated heterocycles. The summed E-state index contributed by atoms with van der Waals surface area (Å²) in [6, 6.07) is 31.3. The second-order valence-corrected chi connectivity index (χ2v) is 11.2. The molecule has 208 valence electrons. The summed E-state index contributed by atoms with van der Waals surface area (Å²) in [5.74, 6) is -0.801. The average Bonchev–Trinajstić information content (AvgIpc) is 3.28. The Balaban J connectivity index is 1.31. The van der Waals surface area contributed by atoms with Crippen LogP contribution >= 0.6 is 0 Å². The van der Waals surface area contributed by atoms with Crippen LogP contribution in [0.1, 0.15) is 59.3 Å². The van der Waals surface area contributed by atoms with E-state index in [1.807, 2.05) is 48.5 Å². The first-order valence-electron chi connectivity index (χ1n) is 13.7. The fourth-order valence-electron chi connectivity index (χ4n) is 5.18. The monoisotopic (exact) mass is 547 g/mol. The lowest BCUT2D eigenvalue weighted by molar-refractivity contribution is -0.157. The van der Waals surface area contributed by atoms with Gasteiger partial charge >= 0.3 is 12.1 Å². The van der Waals surface area contributed by atoms with Crippen molar-refractivity contribution in [3.8, 4) is 11.1 Å². The molecule has 0 unspecified atom stereocenters. The molecule has 1 aliphatic carbocycles. The third kappa shape index (κ3) is 6.55. The highest BCUT2D eigenvalue weighted by molar-refractivity contribution is 6.09. The minimum Gasteiger partial charge on any atom is -0.458 e. The van der Waals surface area contributed by atoms with E-state index in [1.54, 1.807) is 51.1 Å². The smallest absolute Gasteiger partial charge is 0.407 e. The quantitative estimate of drug-likeness (QED) is 0.196. The van der Waals surface area contributed by atoms with Crippen molar-refractivity contribution in [1.82, 2.24) is 5.32 Å². The third-order valence-electron chi connectivity index (χ3n) is 6.99. The molecule has 1 N–H and O–H groups in total. The molecule has 1 amide bonds. The predicted octanol–water partition coefficient (Wildman–Crippen LogP) is 6.71. The van der Waals surface area contributed by atoms with E-state index in [9.17, 15) is 14.4 Å². The zero-order valence-electron chi connectivity index (χ0n) is 23.4. The number of esters is 1. The predicted molar refractivity (Wildman–Crippen MR) is 158 cm³/mol. The summed E-state index contributed by atoms with van der Waals surface area (Å²) >= 11 is 0. The summed E-state index contributed by atoms with van der Waals surface area (Å²) in [4.78, 5) is 39.2. The number of benzene rings is 4. The molecule has 6 nitrogen and oxygen atoms in total. The van der Waals surface area contributed by atoms with Gasteiger partial charge in [-0.25, -0.2) is 9.59 Å². The van der Waals surface area contributed by atoms with Crippen molar-refractivity contribution in [3.63, 3.8) is 0 Å². The first-order valence-corrected chi connectivity index (χ1v) is 13.7. The molecular formula is C35H33NO5. The number of hydrogen-bond acceptors (Lipinski definition) is 5. The molecule has 4 aromatic rings. The second kappa shape index (κ2) is 11.8. The summed E-state index contributed by atoms with van der Waals surface area (Å²) < 4.78 is 11.3. The Bertz CT molecular complexity index is 1530. The summed E-state index contributed by atoms with van der Waals surface area (Å²) in [6.07, 6.45) is -0.575. The van der Waals surface area contributed by atoms with Crippen LogP contribution in [0, 0.1) is 0 Å². The van der Waals surface area contributed by atoms with Gasteiger partial charge in [-0.05, 0) is 54.7 Å². The van der Waals surface area contributed by atoms with Crippen LogP contribution in [0.25, 0.3) is 11.1 Å². The minimum absolute atomic E-state index is 0.103.